The lowest BCUT2D eigenvalue weighted by molar-refractivity contribution is 0.0715. The Morgan fingerprint density at radius 2 is 1.78 bits per heavy atom. The van der Waals surface area contributed by atoms with Crippen LogP contribution in [0.5, 0.6) is 0 Å². The lowest BCUT2D eigenvalue weighted by atomic mass is 10.1. The van der Waals surface area contributed by atoms with Crippen LogP contribution in [0.2, 0.25) is 0 Å². The van der Waals surface area contributed by atoms with Gasteiger partial charge in [0.2, 0.25) is 5.71 Å². The second-order valence-corrected chi connectivity index (χ2v) is 8.01. The smallest absolute Gasteiger partial charge is 0.258 e. The van der Waals surface area contributed by atoms with Crippen LogP contribution in [0.4, 0.5) is 5.82 Å². The van der Waals surface area contributed by atoms with Gasteiger partial charge in [0.15, 0.2) is 0 Å². The van der Waals surface area contributed by atoms with E-state index in [2.05, 4.69) is 42.6 Å². The van der Waals surface area contributed by atoms with Gasteiger partial charge in [0.1, 0.15) is 17.9 Å². The summed E-state index contributed by atoms with van der Waals surface area (Å²) in [4.78, 5) is 26.4. The zero-order valence-corrected chi connectivity index (χ0v) is 17.0. The minimum absolute atomic E-state index is 0.00189. The van der Waals surface area contributed by atoms with Crippen LogP contribution in [0.15, 0.2) is 10.7 Å². The molecule has 0 N–H and O–H groups in total. The van der Waals surface area contributed by atoms with Crippen molar-refractivity contribution < 1.29 is 13.9 Å². The number of aryl methyl sites for hydroxylation is 1. The number of furan rings is 1. The van der Waals surface area contributed by atoms with E-state index in [1.54, 1.807) is 0 Å². The fraction of sp³-hybridized carbons (Fsp3) is 0.650. The zero-order valence-electron chi connectivity index (χ0n) is 17.0. The number of morpholine rings is 1. The zero-order chi connectivity index (χ0) is 19.6. The molecule has 0 aromatic carbocycles. The molecule has 7 nitrogen and oxygen atoms in total. The van der Waals surface area contributed by atoms with Gasteiger partial charge < -0.3 is 19.0 Å². The maximum absolute atomic E-state index is 13.5. The van der Waals surface area contributed by atoms with Gasteiger partial charge in [0.25, 0.3) is 5.91 Å². The average molecular weight is 374 g/mol. The summed E-state index contributed by atoms with van der Waals surface area (Å²) in [5, 5.41) is 0.722. The Morgan fingerprint density at radius 3 is 2.37 bits per heavy atom. The highest BCUT2D eigenvalue weighted by molar-refractivity contribution is 6.10. The first-order chi connectivity index (χ1) is 12.9. The van der Waals surface area contributed by atoms with E-state index >= 15 is 0 Å². The maximum atomic E-state index is 13.5. The van der Waals surface area contributed by atoms with Gasteiger partial charge in [-0.2, -0.15) is 0 Å². The Bertz CT molecular complexity index is 784. The fourth-order valence-electron chi connectivity index (χ4n) is 3.58. The number of carbonyl (C=O) groups is 1. The molecule has 1 aliphatic heterocycles. The molecule has 0 atom stereocenters. The van der Waals surface area contributed by atoms with Crippen molar-refractivity contribution in [3.63, 3.8) is 0 Å². The van der Waals surface area contributed by atoms with Crippen LogP contribution < -0.4 is 4.90 Å². The quantitative estimate of drug-likeness (QED) is 0.774. The maximum Gasteiger partial charge on any atom is 0.258 e. The first kappa shape index (κ1) is 19.6. The van der Waals surface area contributed by atoms with Crippen LogP contribution >= 0.6 is 0 Å². The standard InChI is InChI=1S/C20H30N4O3/c1-13(2)10-24(11-14(3)4)20(25)16-15(5)27-19-17(16)18(21-12-22-19)23-6-8-26-9-7-23/h12-14H,6-11H2,1-5H3. The van der Waals surface area contributed by atoms with Crippen molar-refractivity contribution >= 4 is 22.8 Å². The number of amides is 1. The fourth-order valence-corrected chi connectivity index (χ4v) is 3.58. The summed E-state index contributed by atoms with van der Waals surface area (Å²) >= 11 is 0. The molecule has 2 aromatic rings. The van der Waals surface area contributed by atoms with Crippen LogP contribution in [0.3, 0.4) is 0 Å². The summed E-state index contributed by atoms with van der Waals surface area (Å²) in [6.07, 6.45) is 1.50. The number of aromatic nitrogens is 2. The van der Waals surface area contributed by atoms with E-state index in [0.29, 0.717) is 55.2 Å². The monoisotopic (exact) mass is 374 g/mol. The van der Waals surface area contributed by atoms with E-state index in [9.17, 15) is 4.79 Å². The van der Waals surface area contributed by atoms with Gasteiger partial charge in [-0.05, 0) is 18.8 Å². The molecule has 1 aliphatic rings. The third kappa shape index (κ3) is 4.24. The number of hydrogen-bond donors (Lipinski definition) is 0. The van der Waals surface area contributed by atoms with Crippen LogP contribution in [0.25, 0.3) is 11.1 Å². The van der Waals surface area contributed by atoms with Gasteiger partial charge in [0, 0.05) is 26.2 Å². The van der Waals surface area contributed by atoms with Gasteiger partial charge >= 0.3 is 0 Å². The van der Waals surface area contributed by atoms with E-state index in [1.165, 1.54) is 6.33 Å². The minimum atomic E-state index is -0.00189. The highest BCUT2D eigenvalue weighted by Crippen LogP contribution is 2.32. The lowest BCUT2D eigenvalue weighted by Gasteiger charge is -2.29. The topological polar surface area (TPSA) is 71.7 Å². The molecule has 0 radical (unpaired) electrons. The van der Waals surface area contributed by atoms with Gasteiger partial charge in [-0.15, -0.1) is 0 Å². The Morgan fingerprint density at radius 1 is 1.15 bits per heavy atom. The number of nitrogens with zero attached hydrogens (tertiary/aromatic N) is 4. The molecule has 0 saturated carbocycles. The van der Waals surface area contributed by atoms with Crippen LogP contribution in [0.1, 0.15) is 43.8 Å². The van der Waals surface area contributed by atoms with E-state index in [1.807, 2.05) is 11.8 Å². The largest absolute Gasteiger partial charge is 0.442 e. The van der Waals surface area contributed by atoms with Crippen molar-refractivity contribution in [2.45, 2.75) is 34.6 Å². The molecular weight excluding hydrogens is 344 g/mol. The molecule has 1 amide bonds. The van der Waals surface area contributed by atoms with Crippen molar-refractivity contribution in [2.75, 3.05) is 44.3 Å². The van der Waals surface area contributed by atoms with Crippen LogP contribution in [-0.2, 0) is 4.74 Å². The molecule has 27 heavy (non-hydrogen) atoms. The highest BCUT2D eigenvalue weighted by atomic mass is 16.5. The number of fused-ring (bicyclic) bond motifs is 1. The second-order valence-electron chi connectivity index (χ2n) is 8.01. The molecule has 0 aliphatic carbocycles. The molecule has 1 fully saturated rings. The number of rotatable bonds is 6. The molecular formula is C20H30N4O3. The van der Waals surface area contributed by atoms with Gasteiger partial charge in [-0.3, -0.25) is 4.79 Å². The van der Waals surface area contributed by atoms with Crippen molar-refractivity contribution in [1.82, 2.24) is 14.9 Å². The molecule has 1 saturated heterocycles. The molecule has 3 rings (SSSR count). The van der Waals surface area contributed by atoms with E-state index < -0.39 is 0 Å². The molecule has 3 heterocycles. The number of hydrogen-bond acceptors (Lipinski definition) is 6. The van der Waals surface area contributed by atoms with Crippen molar-refractivity contribution in [2.24, 2.45) is 11.8 Å². The van der Waals surface area contributed by atoms with Gasteiger partial charge in [-0.25, -0.2) is 9.97 Å². The summed E-state index contributed by atoms with van der Waals surface area (Å²) in [6.45, 7) is 14.6. The average Bonchev–Trinajstić information content (AvgIpc) is 2.96. The summed E-state index contributed by atoms with van der Waals surface area (Å²) < 4.78 is 11.3. The van der Waals surface area contributed by atoms with Gasteiger partial charge in [-0.1, -0.05) is 27.7 Å². The Balaban J connectivity index is 2.06. The minimum Gasteiger partial charge on any atom is -0.442 e. The highest BCUT2D eigenvalue weighted by Gasteiger charge is 2.29. The van der Waals surface area contributed by atoms with E-state index in [-0.39, 0.29) is 5.91 Å². The number of ether oxygens (including phenoxy) is 1. The molecule has 0 unspecified atom stereocenters. The lowest BCUT2D eigenvalue weighted by Crippen LogP contribution is -2.38. The van der Waals surface area contributed by atoms with E-state index in [4.69, 9.17) is 9.15 Å². The SMILES string of the molecule is Cc1oc2ncnc(N3CCOCC3)c2c1C(=O)N(CC(C)C)CC(C)C. The summed E-state index contributed by atoms with van der Waals surface area (Å²) in [7, 11) is 0. The molecule has 0 bridgehead atoms. The second kappa shape index (κ2) is 8.25. The molecule has 2 aromatic heterocycles. The third-order valence-corrected chi connectivity index (χ3v) is 4.63. The first-order valence-corrected chi connectivity index (χ1v) is 9.74. The van der Waals surface area contributed by atoms with Crippen molar-refractivity contribution in [1.29, 1.82) is 0 Å². The molecule has 0 spiro atoms. The third-order valence-electron chi connectivity index (χ3n) is 4.63. The predicted octanol–water partition coefficient (Wildman–Crippen LogP) is 3.12. The normalized spacial score (nSPS) is 15.1. The Hall–Kier alpha value is -2.15. The predicted molar refractivity (Wildman–Crippen MR) is 105 cm³/mol. The number of anilines is 1. The molecule has 7 heteroatoms. The number of carbonyl (C=O) groups excluding carboxylic acids is 1. The Labute approximate surface area is 160 Å². The van der Waals surface area contributed by atoms with Crippen molar-refractivity contribution in [3.8, 4) is 0 Å². The summed E-state index contributed by atoms with van der Waals surface area (Å²) in [5.74, 6) is 2.14. The van der Waals surface area contributed by atoms with Crippen LogP contribution in [-0.4, -0.2) is 60.2 Å². The summed E-state index contributed by atoms with van der Waals surface area (Å²) in [5.41, 5.74) is 1.06. The first-order valence-electron chi connectivity index (χ1n) is 9.74. The Kier molecular flexibility index (Phi) is 5.99. The summed E-state index contributed by atoms with van der Waals surface area (Å²) in [6, 6.07) is 0. The van der Waals surface area contributed by atoms with Crippen LogP contribution in [0, 0.1) is 18.8 Å². The van der Waals surface area contributed by atoms with Gasteiger partial charge in [0.05, 0.1) is 24.2 Å². The molecule has 148 valence electrons. The van der Waals surface area contributed by atoms with E-state index in [0.717, 1.165) is 24.3 Å². The van der Waals surface area contributed by atoms with Crippen molar-refractivity contribution in [3.05, 3.63) is 17.7 Å².